The van der Waals surface area contributed by atoms with Crippen LogP contribution in [-0.2, 0) is 4.79 Å². The number of likely N-dealkylation sites (tertiary alicyclic amines) is 2. The van der Waals surface area contributed by atoms with E-state index in [0.29, 0.717) is 11.9 Å². The van der Waals surface area contributed by atoms with Crippen molar-refractivity contribution in [2.75, 3.05) is 63.8 Å². The minimum atomic E-state index is 0.345. The van der Waals surface area contributed by atoms with Crippen molar-refractivity contribution in [3.8, 4) is 0 Å². The lowest BCUT2D eigenvalue weighted by atomic mass is 10.1. The van der Waals surface area contributed by atoms with Crippen LogP contribution >= 0.6 is 0 Å². The Morgan fingerprint density at radius 3 is 2.54 bits per heavy atom. The highest BCUT2D eigenvalue weighted by Crippen LogP contribution is 2.19. The monoisotopic (exact) mass is 329 g/mol. The van der Waals surface area contributed by atoms with Crippen LogP contribution in [0.3, 0.4) is 0 Å². The maximum Gasteiger partial charge on any atom is 0.222 e. The Kier molecular flexibility index (Phi) is 4.67. The van der Waals surface area contributed by atoms with Crippen LogP contribution in [0, 0.1) is 0 Å². The average molecular weight is 329 g/mol. The Morgan fingerprint density at radius 1 is 1.04 bits per heavy atom. The first-order valence-corrected chi connectivity index (χ1v) is 9.20. The van der Waals surface area contributed by atoms with Gasteiger partial charge in [0.2, 0.25) is 5.91 Å². The summed E-state index contributed by atoms with van der Waals surface area (Å²) in [7, 11) is 0. The van der Waals surface area contributed by atoms with Crippen LogP contribution in [0.1, 0.15) is 12.8 Å². The molecule has 0 aliphatic carbocycles. The van der Waals surface area contributed by atoms with E-state index in [4.69, 9.17) is 0 Å². The van der Waals surface area contributed by atoms with E-state index in [0.717, 1.165) is 77.6 Å². The zero-order valence-corrected chi connectivity index (χ0v) is 14.3. The van der Waals surface area contributed by atoms with Crippen LogP contribution < -0.4 is 4.90 Å². The van der Waals surface area contributed by atoms with Crippen molar-refractivity contribution < 1.29 is 4.79 Å². The summed E-state index contributed by atoms with van der Waals surface area (Å²) >= 11 is 0. The van der Waals surface area contributed by atoms with E-state index >= 15 is 0 Å². The van der Waals surface area contributed by atoms with E-state index in [-0.39, 0.29) is 0 Å². The zero-order valence-electron chi connectivity index (χ0n) is 14.3. The molecule has 6 heteroatoms. The van der Waals surface area contributed by atoms with Crippen molar-refractivity contribution in [3.05, 3.63) is 24.4 Å². The lowest BCUT2D eigenvalue weighted by Gasteiger charge is -2.48. The Balaban J connectivity index is 1.17. The third kappa shape index (κ3) is 3.39. The summed E-state index contributed by atoms with van der Waals surface area (Å²) in [6.45, 7) is 9.61. The summed E-state index contributed by atoms with van der Waals surface area (Å²) in [6.07, 6.45) is 3.67. The molecule has 1 aromatic rings. The van der Waals surface area contributed by atoms with Gasteiger partial charge in [0.05, 0.1) is 0 Å². The number of carbonyl (C=O) groups is 1. The second-order valence-corrected chi connectivity index (χ2v) is 7.11. The highest BCUT2D eigenvalue weighted by Gasteiger charge is 2.34. The molecule has 0 unspecified atom stereocenters. The van der Waals surface area contributed by atoms with Gasteiger partial charge in [-0.05, 0) is 18.6 Å². The molecule has 0 spiro atoms. The lowest BCUT2D eigenvalue weighted by molar-refractivity contribution is -0.128. The highest BCUT2D eigenvalue weighted by atomic mass is 16.2. The molecule has 3 saturated heterocycles. The molecule has 0 saturated carbocycles. The van der Waals surface area contributed by atoms with Gasteiger partial charge in [-0.15, -0.1) is 0 Å². The van der Waals surface area contributed by atoms with E-state index in [1.165, 1.54) is 0 Å². The van der Waals surface area contributed by atoms with Crippen LogP contribution in [0.5, 0.6) is 0 Å². The molecule has 4 rings (SSSR count). The first kappa shape index (κ1) is 15.8. The fourth-order valence-electron chi connectivity index (χ4n) is 4.02. The molecular formula is C18H27N5O. The number of piperazine rings is 1. The molecule has 0 atom stereocenters. The molecule has 0 N–H and O–H groups in total. The van der Waals surface area contributed by atoms with Crippen LogP contribution in [-0.4, -0.2) is 90.5 Å². The quantitative estimate of drug-likeness (QED) is 0.787. The summed E-state index contributed by atoms with van der Waals surface area (Å²) < 4.78 is 0. The van der Waals surface area contributed by atoms with E-state index in [1.54, 1.807) is 0 Å². The standard InChI is InChI=1S/C18H27N5O/c24-18-5-3-7-23(18)9-8-20-14-16(15-20)21-10-12-22(13-11-21)17-4-1-2-6-19-17/h1-2,4,6,16H,3,5,7-15H2. The number of rotatable bonds is 5. The van der Waals surface area contributed by atoms with Gasteiger partial charge in [0.15, 0.2) is 0 Å². The van der Waals surface area contributed by atoms with Crippen molar-refractivity contribution in [2.24, 2.45) is 0 Å². The number of anilines is 1. The van der Waals surface area contributed by atoms with E-state index in [1.807, 2.05) is 17.2 Å². The van der Waals surface area contributed by atoms with Gasteiger partial charge in [0.25, 0.3) is 0 Å². The van der Waals surface area contributed by atoms with Crippen LogP contribution in [0.2, 0.25) is 0 Å². The van der Waals surface area contributed by atoms with E-state index in [2.05, 4.69) is 31.8 Å². The summed E-state index contributed by atoms with van der Waals surface area (Å²) in [5.41, 5.74) is 0. The number of nitrogens with zero attached hydrogens (tertiary/aromatic N) is 5. The summed E-state index contributed by atoms with van der Waals surface area (Å²) in [4.78, 5) is 25.6. The molecule has 0 bridgehead atoms. The topological polar surface area (TPSA) is 42.9 Å². The summed E-state index contributed by atoms with van der Waals surface area (Å²) in [6, 6.07) is 6.83. The number of pyridine rings is 1. The number of hydrogen-bond acceptors (Lipinski definition) is 5. The van der Waals surface area contributed by atoms with E-state index in [9.17, 15) is 4.79 Å². The summed E-state index contributed by atoms with van der Waals surface area (Å²) in [5, 5.41) is 0. The Hall–Kier alpha value is -1.66. The van der Waals surface area contributed by atoms with Gasteiger partial charge >= 0.3 is 0 Å². The Morgan fingerprint density at radius 2 is 1.88 bits per heavy atom. The lowest BCUT2D eigenvalue weighted by Crippen LogP contribution is -2.63. The molecule has 1 aromatic heterocycles. The minimum absolute atomic E-state index is 0.345. The predicted octanol–water partition coefficient (Wildman–Crippen LogP) is 0.510. The second kappa shape index (κ2) is 7.07. The first-order valence-electron chi connectivity index (χ1n) is 9.20. The van der Waals surface area contributed by atoms with Crippen molar-refractivity contribution in [1.82, 2.24) is 19.7 Å². The predicted molar refractivity (Wildman–Crippen MR) is 94.1 cm³/mol. The van der Waals surface area contributed by atoms with Gasteiger partial charge < -0.3 is 9.80 Å². The Labute approximate surface area is 144 Å². The third-order valence-corrected chi connectivity index (χ3v) is 5.60. The molecule has 3 aliphatic rings. The first-order chi connectivity index (χ1) is 11.8. The van der Waals surface area contributed by atoms with Crippen molar-refractivity contribution >= 4 is 11.7 Å². The Bertz CT molecular complexity index is 552. The molecule has 3 aliphatic heterocycles. The van der Waals surface area contributed by atoms with Crippen LogP contribution in [0.25, 0.3) is 0 Å². The molecule has 6 nitrogen and oxygen atoms in total. The molecule has 24 heavy (non-hydrogen) atoms. The normalized spacial score (nSPS) is 23.8. The smallest absolute Gasteiger partial charge is 0.222 e. The number of aromatic nitrogens is 1. The van der Waals surface area contributed by atoms with Gasteiger partial charge in [0.1, 0.15) is 5.82 Å². The van der Waals surface area contributed by atoms with Crippen molar-refractivity contribution in [1.29, 1.82) is 0 Å². The highest BCUT2D eigenvalue weighted by molar-refractivity contribution is 5.78. The number of hydrogen-bond donors (Lipinski definition) is 0. The minimum Gasteiger partial charge on any atom is -0.354 e. The van der Waals surface area contributed by atoms with E-state index < -0.39 is 0 Å². The fraction of sp³-hybridized carbons (Fsp3) is 0.667. The van der Waals surface area contributed by atoms with Gasteiger partial charge in [-0.2, -0.15) is 0 Å². The molecule has 1 amide bonds. The van der Waals surface area contributed by atoms with Gasteiger partial charge in [-0.3, -0.25) is 14.6 Å². The van der Waals surface area contributed by atoms with Crippen molar-refractivity contribution in [2.45, 2.75) is 18.9 Å². The molecular weight excluding hydrogens is 302 g/mol. The largest absolute Gasteiger partial charge is 0.354 e. The molecule has 4 heterocycles. The van der Waals surface area contributed by atoms with Gasteiger partial charge in [0, 0.05) is 77.6 Å². The van der Waals surface area contributed by atoms with Crippen LogP contribution in [0.4, 0.5) is 5.82 Å². The maximum absolute atomic E-state index is 11.6. The SMILES string of the molecule is O=C1CCCN1CCN1CC(N2CCN(c3ccccn3)CC2)C1. The van der Waals surface area contributed by atoms with Crippen molar-refractivity contribution in [3.63, 3.8) is 0 Å². The molecule has 3 fully saturated rings. The number of carbonyl (C=O) groups excluding carboxylic acids is 1. The maximum atomic E-state index is 11.6. The molecule has 0 aromatic carbocycles. The summed E-state index contributed by atoms with van der Waals surface area (Å²) in [5.74, 6) is 1.44. The third-order valence-electron chi connectivity index (χ3n) is 5.60. The van der Waals surface area contributed by atoms with Gasteiger partial charge in [-0.25, -0.2) is 4.98 Å². The average Bonchev–Trinajstić information content (AvgIpc) is 3.00. The molecule has 0 radical (unpaired) electrons. The van der Waals surface area contributed by atoms with Crippen LogP contribution in [0.15, 0.2) is 24.4 Å². The second-order valence-electron chi connectivity index (χ2n) is 7.11. The van der Waals surface area contributed by atoms with Gasteiger partial charge in [-0.1, -0.05) is 6.07 Å². The zero-order chi connectivity index (χ0) is 16.4. The molecule has 130 valence electrons. The fourth-order valence-corrected chi connectivity index (χ4v) is 4.02. The number of amides is 1.